The molecule has 2 aromatic rings. The molecule has 2 N–H and O–H groups in total. The van der Waals surface area contributed by atoms with Crippen LogP contribution in [0.15, 0.2) is 41.4 Å². The first-order valence-electron chi connectivity index (χ1n) is 8.74. The predicted octanol–water partition coefficient (Wildman–Crippen LogP) is 3.02. The summed E-state index contributed by atoms with van der Waals surface area (Å²) < 4.78 is 27.4. The molecule has 8 nitrogen and oxygen atoms in total. The van der Waals surface area contributed by atoms with Crippen LogP contribution in [0.3, 0.4) is 0 Å². The number of rotatable bonds is 9. The third kappa shape index (κ3) is 5.07. The Hall–Kier alpha value is -2.94. The largest absolute Gasteiger partial charge is 0.478 e. The highest BCUT2D eigenvalue weighted by atomic mass is 32.2. The molecule has 150 valence electrons. The Morgan fingerprint density at radius 3 is 2.39 bits per heavy atom. The average Bonchev–Trinajstić information content (AvgIpc) is 2.65. The average molecular weight is 405 g/mol. The lowest BCUT2D eigenvalue weighted by molar-refractivity contribution is 0.0697. The summed E-state index contributed by atoms with van der Waals surface area (Å²) in [6, 6.07) is 6.72. The Kier molecular flexibility index (Phi) is 6.74. The molecule has 1 heterocycles. The van der Waals surface area contributed by atoms with Gasteiger partial charge in [0, 0.05) is 19.2 Å². The minimum Gasteiger partial charge on any atom is -0.478 e. The van der Waals surface area contributed by atoms with Crippen molar-refractivity contribution < 1.29 is 23.1 Å². The molecule has 1 aromatic heterocycles. The van der Waals surface area contributed by atoms with E-state index in [1.165, 1.54) is 43.5 Å². The maximum Gasteiger partial charge on any atom is 0.339 e. The van der Waals surface area contributed by atoms with Gasteiger partial charge >= 0.3 is 5.97 Å². The minimum absolute atomic E-state index is 0.0423. The zero-order valence-electron chi connectivity index (χ0n) is 16.0. The Balaban J connectivity index is 2.31. The summed E-state index contributed by atoms with van der Waals surface area (Å²) in [5.74, 6) is -1.09. The standard InChI is InChI=1S/C19H23N3O5S/c1-4-5-10-22(3)18-17(19(24)25)11-15(12-20-18)21-28(26,27)16-8-6-14(7-9-16)13(2)23/h6-9,11-12,21H,4-5,10H2,1-3H3,(H,24,25). The van der Waals surface area contributed by atoms with E-state index < -0.39 is 16.0 Å². The first kappa shape index (κ1) is 21.4. The van der Waals surface area contributed by atoms with Crippen molar-refractivity contribution in [1.29, 1.82) is 0 Å². The Morgan fingerprint density at radius 1 is 1.21 bits per heavy atom. The molecule has 0 spiro atoms. The van der Waals surface area contributed by atoms with Crippen LogP contribution in [-0.4, -0.2) is 43.9 Å². The number of pyridine rings is 1. The summed E-state index contributed by atoms with van der Waals surface area (Å²) in [6.45, 7) is 4.05. The zero-order chi connectivity index (χ0) is 20.9. The second-order valence-electron chi connectivity index (χ2n) is 6.36. The second-order valence-corrected chi connectivity index (χ2v) is 8.04. The van der Waals surface area contributed by atoms with E-state index >= 15 is 0 Å². The molecular weight excluding hydrogens is 382 g/mol. The van der Waals surface area contributed by atoms with Crippen molar-refractivity contribution >= 4 is 33.3 Å². The van der Waals surface area contributed by atoms with Crippen LogP contribution in [0.2, 0.25) is 0 Å². The van der Waals surface area contributed by atoms with Gasteiger partial charge in [0.25, 0.3) is 10.0 Å². The van der Waals surface area contributed by atoms with Crippen molar-refractivity contribution in [3.05, 3.63) is 47.7 Å². The molecule has 0 aliphatic rings. The van der Waals surface area contributed by atoms with Crippen LogP contribution in [0, 0.1) is 0 Å². The number of Topliss-reactive ketones (excluding diaryl/α,β-unsaturated/α-hetero) is 1. The van der Waals surface area contributed by atoms with E-state index in [0.717, 1.165) is 12.8 Å². The highest BCUT2D eigenvalue weighted by Crippen LogP contribution is 2.23. The third-order valence-electron chi connectivity index (χ3n) is 4.13. The van der Waals surface area contributed by atoms with Gasteiger partial charge in [-0.15, -0.1) is 0 Å². The third-order valence-corrected chi connectivity index (χ3v) is 5.53. The van der Waals surface area contributed by atoms with Crippen LogP contribution in [0.25, 0.3) is 0 Å². The SMILES string of the molecule is CCCCN(C)c1ncc(NS(=O)(=O)c2ccc(C(C)=O)cc2)cc1C(=O)O. The lowest BCUT2D eigenvalue weighted by Gasteiger charge is -2.20. The molecule has 0 saturated heterocycles. The van der Waals surface area contributed by atoms with Gasteiger partial charge in [0.05, 0.1) is 16.8 Å². The van der Waals surface area contributed by atoms with Crippen LogP contribution in [-0.2, 0) is 10.0 Å². The maximum atomic E-state index is 12.5. The predicted molar refractivity (Wildman–Crippen MR) is 107 cm³/mol. The highest BCUT2D eigenvalue weighted by Gasteiger charge is 2.19. The van der Waals surface area contributed by atoms with Gasteiger partial charge in [-0.25, -0.2) is 18.2 Å². The van der Waals surface area contributed by atoms with Gasteiger partial charge in [-0.3, -0.25) is 9.52 Å². The number of carboxylic acid groups (broad SMARTS) is 1. The van der Waals surface area contributed by atoms with E-state index in [2.05, 4.69) is 9.71 Å². The molecular formula is C19H23N3O5S. The fraction of sp³-hybridized carbons (Fsp3) is 0.316. The number of hydrogen-bond acceptors (Lipinski definition) is 6. The molecule has 28 heavy (non-hydrogen) atoms. The number of aromatic nitrogens is 1. The number of anilines is 2. The van der Waals surface area contributed by atoms with Crippen LogP contribution in [0.1, 0.15) is 47.4 Å². The molecule has 0 saturated carbocycles. The summed E-state index contributed by atoms with van der Waals surface area (Å²) in [4.78, 5) is 28.8. The fourth-order valence-electron chi connectivity index (χ4n) is 2.56. The van der Waals surface area contributed by atoms with Gasteiger partial charge in [-0.1, -0.05) is 25.5 Å². The number of carboxylic acids is 1. The van der Waals surface area contributed by atoms with Gasteiger partial charge in [-0.2, -0.15) is 0 Å². The van der Waals surface area contributed by atoms with Gasteiger partial charge in [0.15, 0.2) is 5.78 Å². The molecule has 0 aliphatic carbocycles. The first-order valence-corrected chi connectivity index (χ1v) is 10.2. The number of nitrogens with one attached hydrogen (secondary N) is 1. The van der Waals surface area contributed by atoms with Crippen LogP contribution >= 0.6 is 0 Å². The number of aromatic carboxylic acids is 1. The van der Waals surface area contributed by atoms with E-state index in [-0.39, 0.29) is 27.7 Å². The van der Waals surface area contributed by atoms with Crippen LogP contribution in [0.4, 0.5) is 11.5 Å². The Labute approximate surface area is 164 Å². The van der Waals surface area contributed by atoms with Crippen molar-refractivity contribution in [3.63, 3.8) is 0 Å². The first-order chi connectivity index (χ1) is 13.2. The number of unbranched alkanes of at least 4 members (excludes halogenated alkanes) is 1. The smallest absolute Gasteiger partial charge is 0.339 e. The van der Waals surface area contributed by atoms with Gasteiger partial charge in [0.2, 0.25) is 0 Å². The van der Waals surface area contributed by atoms with E-state index in [1.807, 2.05) is 6.92 Å². The molecule has 0 fully saturated rings. The summed E-state index contributed by atoms with van der Waals surface area (Å²) in [5.41, 5.74) is 0.347. The molecule has 2 rings (SSSR count). The summed E-state index contributed by atoms with van der Waals surface area (Å²) in [5, 5.41) is 9.49. The normalized spacial score (nSPS) is 11.1. The van der Waals surface area contributed by atoms with Gasteiger partial charge in [-0.05, 0) is 31.5 Å². The van der Waals surface area contributed by atoms with Gasteiger partial charge in [0.1, 0.15) is 11.4 Å². The number of sulfonamides is 1. The number of carbonyl (C=O) groups is 2. The highest BCUT2D eigenvalue weighted by molar-refractivity contribution is 7.92. The minimum atomic E-state index is -3.95. The number of benzene rings is 1. The van der Waals surface area contributed by atoms with Crippen LogP contribution in [0.5, 0.6) is 0 Å². The van der Waals surface area contributed by atoms with Crippen LogP contribution < -0.4 is 9.62 Å². The van der Waals surface area contributed by atoms with E-state index in [1.54, 1.807) is 11.9 Å². The van der Waals surface area contributed by atoms with Crippen molar-refractivity contribution in [2.24, 2.45) is 0 Å². The number of hydrogen-bond donors (Lipinski definition) is 2. The van der Waals surface area contributed by atoms with E-state index in [0.29, 0.717) is 12.1 Å². The molecule has 0 bridgehead atoms. The molecule has 0 amide bonds. The molecule has 0 unspecified atom stereocenters. The number of ketones is 1. The zero-order valence-corrected chi connectivity index (χ0v) is 16.8. The lowest BCUT2D eigenvalue weighted by Crippen LogP contribution is -2.23. The summed E-state index contributed by atoms with van der Waals surface area (Å²) in [6.07, 6.45) is 3.11. The van der Waals surface area contributed by atoms with Gasteiger partial charge < -0.3 is 10.0 Å². The maximum absolute atomic E-state index is 12.5. The molecule has 9 heteroatoms. The molecule has 0 atom stereocenters. The molecule has 0 radical (unpaired) electrons. The van der Waals surface area contributed by atoms with Crippen molar-refractivity contribution in [2.45, 2.75) is 31.6 Å². The number of carbonyl (C=O) groups excluding carboxylic acids is 1. The quantitative estimate of drug-likeness (QED) is 0.616. The molecule has 0 aliphatic heterocycles. The van der Waals surface area contributed by atoms with Crippen molar-refractivity contribution in [3.8, 4) is 0 Å². The van der Waals surface area contributed by atoms with E-state index in [9.17, 15) is 23.1 Å². The summed E-state index contributed by atoms with van der Waals surface area (Å²) >= 11 is 0. The topological polar surface area (TPSA) is 117 Å². The fourth-order valence-corrected chi connectivity index (χ4v) is 3.59. The molecule has 1 aromatic carbocycles. The lowest BCUT2D eigenvalue weighted by atomic mass is 10.2. The van der Waals surface area contributed by atoms with Crippen molar-refractivity contribution in [1.82, 2.24) is 4.98 Å². The van der Waals surface area contributed by atoms with E-state index in [4.69, 9.17) is 0 Å². The van der Waals surface area contributed by atoms with Crippen molar-refractivity contribution in [2.75, 3.05) is 23.2 Å². The Bertz CT molecular complexity index is 972. The summed E-state index contributed by atoms with van der Waals surface area (Å²) in [7, 11) is -2.21. The monoisotopic (exact) mass is 405 g/mol. The number of nitrogens with zero attached hydrogens (tertiary/aromatic N) is 2. The second kappa shape index (κ2) is 8.83. The Morgan fingerprint density at radius 2 is 1.86 bits per heavy atom.